The number of hydrogen-bond acceptors (Lipinski definition) is 5. The molecule has 0 saturated carbocycles. The lowest BCUT2D eigenvalue weighted by atomic mass is 10.0. The number of amides is 1. The number of hydrogen-bond donors (Lipinski definition) is 4. The van der Waals surface area contributed by atoms with Gasteiger partial charge in [-0.1, -0.05) is 42.5 Å². The third kappa shape index (κ3) is 3.43. The zero-order chi connectivity index (χ0) is 18.1. The Bertz CT molecular complexity index is 836. The van der Waals surface area contributed by atoms with Gasteiger partial charge in [0.1, 0.15) is 12.2 Å². The molecule has 2 heterocycles. The fourth-order valence-corrected chi connectivity index (χ4v) is 4.05. The Morgan fingerprint density at radius 2 is 1.88 bits per heavy atom. The zero-order valence-electron chi connectivity index (χ0n) is 14.4. The van der Waals surface area contributed by atoms with Crippen molar-refractivity contribution in [2.45, 2.75) is 25.3 Å². The van der Waals surface area contributed by atoms with Gasteiger partial charge in [-0.05, 0) is 35.7 Å². The number of nitrogens with zero attached hydrogens (tertiary/aromatic N) is 1. The Labute approximate surface area is 158 Å². The Kier molecular flexibility index (Phi) is 4.86. The summed E-state index contributed by atoms with van der Waals surface area (Å²) < 4.78 is 0. The van der Waals surface area contributed by atoms with Crippen LogP contribution in [-0.4, -0.2) is 41.3 Å². The lowest BCUT2D eigenvalue weighted by Gasteiger charge is -2.39. The number of thiocarbonyl (C=S) groups is 1. The smallest absolute Gasteiger partial charge is 0.235 e. The molecule has 3 atom stereocenters. The predicted molar refractivity (Wildman–Crippen MR) is 108 cm³/mol. The lowest BCUT2D eigenvalue weighted by Crippen LogP contribution is -2.70. The monoisotopic (exact) mass is 369 g/mol. The lowest BCUT2D eigenvalue weighted by molar-refractivity contribution is -0.129. The minimum absolute atomic E-state index is 0.133. The molecule has 1 amide bonds. The van der Waals surface area contributed by atoms with Gasteiger partial charge in [-0.25, -0.2) is 0 Å². The van der Waals surface area contributed by atoms with E-state index in [1.54, 1.807) is 0 Å². The minimum Gasteiger partial charge on any atom is -0.349 e. The molecule has 7 heteroatoms. The number of rotatable bonds is 3. The second kappa shape index (κ2) is 7.28. The molecule has 2 aromatic rings. The Balaban J connectivity index is 1.45. The number of fused-ring (bicyclic) bond motifs is 1. The van der Waals surface area contributed by atoms with Crippen LogP contribution >= 0.6 is 12.2 Å². The van der Waals surface area contributed by atoms with Gasteiger partial charge >= 0.3 is 0 Å². The Hall–Kier alpha value is -2.06. The van der Waals surface area contributed by atoms with Gasteiger partial charge in [-0.2, -0.15) is 0 Å². The summed E-state index contributed by atoms with van der Waals surface area (Å²) in [4.78, 5) is 15.3. The van der Waals surface area contributed by atoms with E-state index in [4.69, 9.17) is 18.0 Å². The molecule has 0 aromatic heterocycles. The molecule has 136 valence electrons. The van der Waals surface area contributed by atoms with Gasteiger partial charge in [0.15, 0.2) is 0 Å². The first-order valence-electron chi connectivity index (χ1n) is 8.97. The molecule has 2 saturated heterocycles. The number of nitrogens with one attached hydrogen (secondary N) is 3. The number of carbonyl (C=O) groups excluding carboxylic acids is 1. The standard InChI is InChI=1S/C19H23N5OS/c20-16-15(17(25)23-19(22-16)24-9-3-4-10-24)18(26)21-14-8-7-12-5-1-2-6-13(12)11-14/h1-2,5-8,11,15-16,19,22H,3-4,9-10,20H2,(H,21,26)(H,23,25). The highest BCUT2D eigenvalue weighted by molar-refractivity contribution is 7.80. The molecule has 2 aliphatic rings. The second-order valence-corrected chi connectivity index (χ2v) is 7.32. The van der Waals surface area contributed by atoms with Gasteiger partial charge in [0, 0.05) is 18.8 Å². The van der Waals surface area contributed by atoms with Crippen molar-refractivity contribution in [1.82, 2.24) is 15.5 Å². The third-order valence-electron chi connectivity index (χ3n) is 5.08. The number of anilines is 1. The molecule has 2 aromatic carbocycles. The first-order chi connectivity index (χ1) is 12.6. The number of benzene rings is 2. The molecule has 0 bridgehead atoms. The summed E-state index contributed by atoms with van der Waals surface area (Å²) in [6.07, 6.45) is 1.57. The molecular weight excluding hydrogens is 346 g/mol. The fraction of sp³-hybridized carbons (Fsp3) is 0.368. The van der Waals surface area contributed by atoms with Gasteiger partial charge in [-0.3, -0.25) is 15.0 Å². The summed E-state index contributed by atoms with van der Waals surface area (Å²) >= 11 is 5.50. The van der Waals surface area contributed by atoms with Crippen LogP contribution in [0.15, 0.2) is 42.5 Å². The van der Waals surface area contributed by atoms with E-state index in [2.05, 4.69) is 26.9 Å². The van der Waals surface area contributed by atoms with Crippen LogP contribution in [-0.2, 0) is 4.79 Å². The van der Waals surface area contributed by atoms with Crippen molar-refractivity contribution in [2.75, 3.05) is 18.4 Å². The largest absolute Gasteiger partial charge is 0.349 e. The average molecular weight is 369 g/mol. The topological polar surface area (TPSA) is 82.4 Å². The zero-order valence-corrected chi connectivity index (χ0v) is 15.3. The van der Waals surface area contributed by atoms with Crippen molar-refractivity contribution in [1.29, 1.82) is 0 Å². The van der Waals surface area contributed by atoms with Crippen LogP contribution in [0.3, 0.4) is 0 Å². The molecule has 0 aliphatic carbocycles. The summed E-state index contributed by atoms with van der Waals surface area (Å²) in [5.74, 6) is -0.734. The third-order valence-corrected chi connectivity index (χ3v) is 5.43. The minimum atomic E-state index is -0.602. The number of nitrogens with two attached hydrogens (primary N) is 1. The molecule has 26 heavy (non-hydrogen) atoms. The highest BCUT2D eigenvalue weighted by Crippen LogP contribution is 2.21. The Morgan fingerprint density at radius 3 is 2.62 bits per heavy atom. The molecule has 3 unspecified atom stereocenters. The maximum atomic E-state index is 12.6. The molecule has 0 spiro atoms. The highest BCUT2D eigenvalue weighted by atomic mass is 32.1. The Morgan fingerprint density at radius 1 is 1.15 bits per heavy atom. The summed E-state index contributed by atoms with van der Waals surface area (Å²) in [5, 5.41) is 11.7. The first kappa shape index (κ1) is 17.4. The molecule has 6 nitrogen and oxygen atoms in total. The average Bonchev–Trinajstić information content (AvgIpc) is 3.15. The van der Waals surface area contributed by atoms with E-state index in [9.17, 15) is 4.79 Å². The van der Waals surface area contributed by atoms with Gasteiger partial charge in [0.25, 0.3) is 0 Å². The predicted octanol–water partition coefficient (Wildman–Crippen LogP) is 1.58. The maximum Gasteiger partial charge on any atom is 0.235 e. The molecule has 5 N–H and O–H groups in total. The van der Waals surface area contributed by atoms with Crippen LogP contribution in [0.25, 0.3) is 10.8 Å². The van der Waals surface area contributed by atoms with Crippen LogP contribution in [0.4, 0.5) is 5.69 Å². The van der Waals surface area contributed by atoms with Crippen molar-refractivity contribution in [3.63, 3.8) is 0 Å². The van der Waals surface area contributed by atoms with Crippen molar-refractivity contribution < 1.29 is 4.79 Å². The van der Waals surface area contributed by atoms with Crippen molar-refractivity contribution in [3.8, 4) is 0 Å². The van der Waals surface area contributed by atoms with Crippen molar-refractivity contribution in [3.05, 3.63) is 42.5 Å². The molecule has 0 radical (unpaired) electrons. The van der Waals surface area contributed by atoms with Gasteiger partial charge in [-0.15, -0.1) is 0 Å². The SMILES string of the molecule is NC1NC(N2CCCC2)NC(=O)C1C(=S)Nc1ccc2ccccc2c1. The molecule has 4 rings (SSSR count). The van der Waals surface area contributed by atoms with Gasteiger partial charge in [0.05, 0.1) is 11.2 Å². The van der Waals surface area contributed by atoms with Gasteiger partial charge < -0.3 is 16.4 Å². The summed E-state index contributed by atoms with van der Waals surface area (Å²) in [6.45, 7) is 1.93. The van der Waals surface area contributed by atoms with Crippen LogP contribution in [0, 0.1) is 5.92 Å². The summed E-state index contributed by atoms with van der Waals surface area (Å²) in [5.41, 5.74) is 7.10. The van der Waals surface area contributed by atoms with E-state index < -0.39 is 12.1 Å². The fourth-order valence-electron chi connectivity index (χ4n) is 3.67. The van der Waals surface area contributed by atoms with E-state index >= 15 is 0 Å². The van der Waals surface area contributed by atoms with Crippen LogP contribution in [0.5, 0.6) is 0 Å². The van der Waals surface area contributed by atoms with Crippen molar-refractivity contribution >= 4 is 39.6 Å². The van der Waals surface area contributed by atoms with Crippen molar-refractivity contribution in [2.24, 2.45) is 11.7 Å². The van der Waals surface area contributed by atoms with Crippen LogP contribution in [0.1, 0.15) is 12.8 Å². The maximum absolute atomic E-state index is 12.6. The second-order valence-electron chi connectivity index (χ2n) is 6.88. The van der Waals surface area contributed by atoms with E-state index in [-0.39, 0.29) is 12.2 Å². The van der Waals surface area contributed by atoms with E-state index in [1.165, 1.54) is 0 Å². The van der Waals surface area contributed by atoms with E-state index in [0.717, 1.165) is 42.4 Å². The van der Waals surface area contributed by atoms with Gasteiger partial charge in [0.2, 0.25) is 5.91 Å². The van der Waals surface area contributed by atoms with Crippen LogP contribution < -0.4 is 21.7 Å². The molecule has 2 aliphatic heterocycles. The quantitative estimate of drug-likeness (QED) is 0.615. The summed E-state index contributed by atoms with van der Waals surface area (Å²) in [7, 11) is 0. The highest BCUT2D eigenvalue weighted by Gasteiger charge is 2.39. The normalized spacial score (nSPS) is 26.7. The molecule has 2 fully saturated rings. The summed E-state index contributed by atoms with van der Waals surface area (Å²) in [6, 6.07) is 14.1. The van der Waals surface area contributed by atoms with E-state index in [1.807, 2.05) is 36.4 Å². The molecular formula is C19H23N5OS. The number of carbonyl (C=O) groups is 1. The van der Waals surface area contributed by atoms with Crippen LogP contribution in [0.2, 0.25) is 0 Å². The van der Waals surface area contributed by atoms with E-state index in [0.29, 0.717) is 4.99 Å². The first-order valence-corrected chi connectivity index (χ1v) is 9.38. The number of likely N-dealkylation sites (tertiary alicyclic amines) is 1.